The zero-order valence-corrected chi connectivity index (χ0v) is 16.5. The Bertz CT molecular complexity index is 787. The van der Waals surface area contributed by atoms with Gasteiger partial charge in [0.1, 0.15) is 5.52 Å². The van der Waals surface area contributed by atoms with Gasteiger partial charge < -0.3 is 15.0 Å². The summed E-state index contributed by atoms with van der Waals surface area (Å²) in [6.45, 7) is 6.88. The van der Waals surface area contributed by atoms with Gasteiger partial charge in [-0.25, -0.2) is 4.98 Å². The lowest BCUT2D eigenvalue weighted by Gasteiger charge is -2.26. The smallest absolute Gasteiger partial charge is 0.158 e. The zero-order chi connectivity index (χ0) is 18.5. The van der Waals surface area contributed by atoms with Crippen LogP contribution in [0.2, 0.25) is 0 Å². The fourth-order valence-corrected chi connectivity index (χ4v) is 4.71. The van der Waals surface area contributed by atoms with Crippen molar-refractivity contribution in [3.05, 3.63) is 23.7 Å². The van der Waals surface area contributed by atoms with Gasteiger partial charge in [-0.15, -0.1) is 0 Å². The lowest BCUT2D eigenvalue weighted by molar-refractivity contribution is 0.180. The predicted octanol–water partition coefficient (Wildman–Crippen LogP) is 3.47. The van der Waals surface area contributed by atoms with E-state index in [1.165, 1.54) is 31.4 Å². The van der Waals surface area contributed by atoms with Crippen molar-refractivity contribution in [3.8, 4) is 0 Å². The molecule has 0 aromatic carbocycles. The van der Waals surface area contributed by atoms with Crippen molar-refractivity contribution < 1.29 is 5.11 Å². The van der Waals surface area contributed by atoms with Crippen molar-refractivity contribution >= 4 is 11.2 Å². The molecule has 2 fully saturated rings. The monoisotopic (exact) mass is 356 g/mol. The molecule has 2 aliphatic rings. The minimum atomic E-state index is 0.0668. The van der Waals surface area contributed by atoms with E-state index in [1.807, 2.05) is 6.20 Å². The number of hydrogen-bond acceptors (Lipinski definition) is 4. The third kappa shape index (κ3) is 3.27. The van der Waals surface area contributed by atoms with Crippen LogP contribution in [-0.2, 0) is 12.5 Å². The van der Waals surface area contributed by atoms with Gasteiger partial charge in [-0.05, 0) is 43.6 Å². The van der Waals surface area contributed by atoms with Crippen molar-refractivity contribution in [2.24, 2.45) is 18.9 Å². The molecule has 2 N–H and O–H groups in total. The molecule has 5 heteroatoms. The molecule has 5 nitrogen and oxygen atoms in total. The van der Waals surface area contributed by atoms with E-state index in [-0.39, 0.29) is 24.1 Å². The van der Waals surface area contributed by atoms with Crippen molar-refractivity contribution in [1.82, 2.24) is 19.9 Å². The van der Waals surface area contributed by atoms with Crippen LogP contribution >= 0.6 is 0 Å². The number of fused-ring (bicyclic) bond motifs is 1. The highest BCUT2D eigenvalue weighted by Crippen LogP contribution is 2.43. The van der Waals surface area contributed by atoms with Gasteiger partial charge in [0, 0.05) is 24.2 Å². The fraction of sp³-hybridized carbons (Fsp3) is 0.714. The Morgan fingerprint density at radius 1 is 1.23 bits per heavy atom. The molecule has 2 aromatic heterocycles. The third-order valence-electron chi connectivity index (χ3n) is 6.26. The van der Waals surface area contributed by atoms with Crippen LogP contribution < -0.4 is 5.32 Å². The number of nitrogens with zero attached hydrogens (tertiary/aromatic N) is 3. The van der Waals surface area contributed by atoms with E-state index in [0.29, 0.717) is 5.92 Å². The molecule has 26 heavy (non-hydrogen) atoms. The molecule has 0 spiro atoms. The van der Waals surface area contributed by atoms with Crippen molar-refractivity contribution in [3.63, 3.8) is 0 Å². The van der Waals surface area contributed by atoms with E-state index in [9.17, 15) is 5.11 Å². The third-order valence-corrected chi connectivity index (χ3v) is 6.26. The number of hydrogen-bond donors (Lipinski definition) is 2. The number of aryl methyl sites for hydroxylation is 1. The Morgan fingerprint density at radius 3 is 2.65 bits per heavy atom. The average Bonchev–Trinajstić information content (AvgIpc) is 3.39. The molecule has 1 saturated carbocycles. The lowest BCUT2D eigenvalue weighted by atomic mass is 9.91. The first-order chi connectivity index (χ1) is 12.4. The second-order valence-corrected chi connectivity index (χ2v) is 9.28. The number of nitrogens with one attached hydrogen (secondary N) is 1. The van der Waals surface area contributed by atoms with E-state index < -0.39 is 0 Å². The minimum absolute atomic E-state index is 0.0668. The second kappa shape index (κ2) is 6.61. The number of aromatic nitrogens is 3. The molecule has 1 saturated heterocycles. The molecule has 3 heterocycles. The molecule has 0 bridgehead atoms. The number of aliphatic hydroxyl groups excluding tert-OH is 1. The van der Waals surface area contributed by atoms with Crippen LogP contribution in [0.5, 0.6) is 0 Å². The van der Waals surface area contributed by atoms with Crippen LogP contribution in [0.3, 0.4) is 0 Å². The van der Waals surface area contributed by atoms with Crippen LogP contribution in [0, 0.1) is 11.8 Å². The quantitative estimate of drug-likeness (QED) is 0.884. The molecule has 142 valence electrons. The van der Waals surface area contributed by atoms with Gasteiger partial charge in [0.15, 0.2) is 5.65 Å². The number of aliphatic hydroxyl groups is 1. The summed E-state index contributed by atoms with van der Waals surface area (Å²) in [6, 6.07) is 2.53. The molecule has 1 aliphatic carbocycles. The maximum absolute atomic E-state index is 9.93. The SMILES string of the molecule is Cn1c(C(C)(C)C)cc2ncc([C@@H]3CCC[C@@H](C4CC4)[C@H](CO)N3)nc21. The Morgan fingerprint density at radius 2 is 2.00 bits per heavy atom. The molecule has 1 aliphatic heterocycles. The van der Waals surface area contributed by atoms with Crippen molar-refractivity contribution in [2.75, 3.05) is 6.61 Å². The van der Waals surface area contributed by atoms with Gasteiger partial charge in [0.2, 0.25) is 0 Å². The van der Waals surface area contributed by atoms with E-state index in [4.69, 9.17) is 9.97 Å². The predicted molar refractivity (Wildman–Crippen MR) is 104 cm³/mol. The van der Waals surface area contributed by atoms with Crippen LogP contribution in [0.15, 0.2) is 12.3 Å². The Labute approximate surface area is 156 Å². The maximum atomic E-state index is 9.93. The summed E-state index contributed by atoms with van der Waals surface area (Å²) in [5, 5.41) is 13.6. The standard InChI is InChI=1S/C21H32N4O/c1-21(2,3)19-10-16-20(25(19)4)24-17(11-22-16)15-7-5-6-14(13-8-9-13)18(12-26)23-15/h10-11,13-15,18,23,26H,5-9,12H2,1-4H3/t14-,15-,18-/m0/s1. The summed E-state index contributed by atoms with van der Waals surface area (Å²) < 4.78 is 2.18. The van der Waals surface area contributed by atoms with Crippen molar-refractivity contribution in [2.45, 2.75) is 70.4 Å². The normalized spacial score (nSPS) is 27.7. The van der Waals surface area contributed by atoms with E-state index in [0.717, 1.165) is 29.2 Å². The van der Waals surface area contributed by atoms with Gasteiger partial charge in [0.05, 0.1) is 24.5 Å². The minimum Gasteiger partial charge on any atom is -0.395 e. The lowest BCUT2D eigenvalue weighted by Crippen LogP contribution is -2.40. The summed E-state index contributed by atoms with van der Waals surface area (Å²) in [5.41, 5.74) is 4.24. The summed E-state index contributed by atoms with van der Waals surface area (Å²) in [5.74, 6) is 1.43. The molecule has 0 amide bonds. The van der Waals surface area contributed by atoms with Gasteiger partial charge in [0.25, 0.3) is 0 Å². The van der Waals surface area contributed by atoms with E-state index in [2.05, 4.69) is 43.8 Å². The van der Waals surface area contributed by atoms with Gasteiger partial charge in [-0.3, -0.25) is 4.98 Å². The molecule has 4 rings (SSSR count). The van der Waals surface area contributed by atoms with Crippen molar-refractivity contribution in [1.29, 1.82) is 0 Å². The summed E-state index contributed by atoms with van der Waals surface area (Å²) >= 11 is 0. The zero-order valence-electron chi connectivity index (χ0n) is 16.5. The first-order valence-corrected chi connectivity index (χ1v) is 10.1. The topological polar surface area (TPSA) is 63.0 Å². The molecular weight excluding hydrogens is 324 g/mol. The fourth-order valence-electron chi connectivity index (χ4n) is 4.71. The highest BCUT2D eigenvalue weighted by atomic mass is 16.3. The largest absolute Gasteiger partial charge is 0.395 e. The highest BCUT2D eigenvalue weighted by Gasteiger charge is 2.38. The second-order valence-electron chi connectivity index (χ2n) is 9.28. The summed E-state index contributed by atoms with van der Waals surface area (Å²) in [6.07, 6.45) is 8.06. The molecular formula is C21H32N4O. The van der Waals surface area contributed by atoms with Gasteiger partial charge >= 0.3 is 0 Å². The van der Waals surface area contributed by atoms with Gasteiger partial charge in [-0.1, -0.05) is 27.2 Å². The highest BCUT2D eigenvalue weighted by molar-refractivity contribution is 5.73. The summed E-state index contributed by atoms with van der Waals surface area (Å²) in [4.78, 5) is 9.70. The van der Waals surface area contributed by atoms with Crippen LogP contribution in [0.4, 0.5) is 0 Å². The Hall–Kier alpha value is -1.46. The first kappa shape index (κ1) is 17.9. The first-order valence-electron chi connectivity index (χ1n) is 10.1. The molecule has 2 aromatic rings. The Kier molecular flexibility index (Phi) is 4.56. The molecule has 0 unspecified atom stereocenters. The van der Waals surface area contributed by atoms with Crippen LogP contribution in [0.1, 0.15) is 70.3 Å². The Balaban J connectivity index is 1.64. The van der Waals surface area contributed by atoms with Crippen LogP contribution in [0.25, 0.3) is 11.2 Å². The summed E-state index contributed by atoms with van der Waals surface area (Å²) in [7, 11) is 2.08. The molecule has 3 atom stereocenters. The van der Waals surface area contributed by atoms with Gasteiger partial charge in [-0.2, -0.15) is 0 Å². The van der Waals surface area contributed by atoms with E-state index >= 15 is 0 Å². The van der Waals surface area contributed by atoms with E-state index in [1.54, 1.807) is 0 Å². The average molecular weight is 357 g/mol. The van der Waals surface area contributed by atoms with Crippen LogP contribution in [-0.4, -0.2) is 32.3 Å². The molecule has 0 radical (unpaired) electrons. The maximum Gasteiger partial charge on any atom is 0.158 e. The number of rotatable bonds is 3.